The second kappa shape index (κ2) is 8.06. The molecule has 2 unspecified atom stereocenters. The van der Waals surface area contributed by atoms with Gasteiger partial charge in [0.25, 0.3) is 0 Å². The van der Waals surface area contributed by atoms with Crippen LogP contribution >= 0.6 is 22.9 Å². The number of halogens is 1. The second-order valence-electron chi connectivity index (χ2n) is 6.88. The average Bonchev–Trinajstić information content (AvgIpc) is 3.33. The van der Waals surface area contributed by atoms with Crippen molar-refractivity contribution in [3.63, 3.8) is 0 Å². The van der Waals surface area contributed by atoms with Gasteiger partial charge in [0, 0.05) is 42.6 Å². The van der Waals surface area contributed by atoms with Gasteiger partial charge in [0.1, 0.15) is 6.04 Å². The smallest absolute Gasteiger partial charge is 0.241 e. The Hall–Kier alpha value is -1.44. The summed E-state index contributed by atoms with van der Waals surface area (Å²) in [4.78, 5) is 18.5. The minimum absolute atomic E-state index is 0.137. The highest BCUT2D eigenvalue weighted by Gasteiger charge is 2.34. The third-order valence-electron chi connectivity index (χ3n) is 5.07. The van der Waals surface area contributed by atoms with Crippen LogP contribution in [0.25, 0.3) is 0 Å². The van der Waals surface area contributed by atoms with Crippen molar-refractivity contribution in [1.29, 1.82) is 0 Å². The Morgan fingerprint density at radius 2 is 2.00 bits per heavy atom. The number of hydrazine groups is 1. The van der Waals surface area contributed by atoms with Crippen molar-refractivity contribution in [2.45, 2.75) is 25.0 Å². The summed E-state index contributed by atoms with van der Waals surface area (Å²) < 4.78 is 0. The number of piperazine rings is 1. The van der Waals surface area contributed by atoms with Crippen LogP contribution < -0.4 is 10.9 Å². The van der Waals surface area contributed by atoms with Crippen LogP contribution in [0.4, 0.5) is 0 Å². The molecule has 2 atom stereocenters. The first kappa shape index (κ1) is 17.9. The van der Waals surface area contributed by atoms with Crippen molar-refractivity contribution in [2.24, 2.45) is 0 Å². The number of thiophene rings is 1. The molecule has 1 aromatic carbocycles. The first-order valence-electron chi connectivity index (χ1n) is 8.99. The summed E-state index contributed by atoms with van der Waals surface area (Å²) in [5.41, 5.74) is 7.67. The van der Waals surface area contributed by atoms with Crippen molar-refractivity contribution in [3.05, 3.63) is 57.2 Å². The fourth-order valence-corrected chi connectivity index (χ4v) is 4.64. The van der Waals surface area contributed by atoms with Gasteiger partial charge in [0.05, 0.1) is 6.04 Å². The Labute approximate surface area is 162 Å². The quantitative estimate of drug-likeness (QED) is 0.842. The zero-order valence-corrected chi connectivity index (χ0v) is 16.1. The van der Waals surface area contributed by atoms with E-state index in [1.807, 2.05) is 23.1 Å². The van der Waals surface area contributed by atoms with E-state index in [2.05, 4.69) is 39.3 Å². The lowest BCUT2D eigenvalue weighted by Gasteiger charge is -2.35. The predicted molar refractivity (Wildman–Crippen MR) is 105 cm³/mol. The monoisotopic (exact) mass is 390 g/mol. The normalized spacial score (nSPS) is 24.1. The maximum Gasteiger partial charge on any atom is 0.241 e. The first-order valence-corrected chi connectivity index (χ1v) is 10.2. The molecule has 1 amide bonds. The van der Waals surface area contributed by atoms with Gasteiger partial charge in [-0.1, -0.05) is 29.8 Å². The molecule has 7 heteroatoms. The van der Waals surface area contributed by atoms with Crippen molar-refractivity contribution in [3.8, 4) is 0 Å². The van der Waals surface area contributed by atoms with Gasteiger partial charge >= 0.3 is 0 Å². The summed E-state index contributed by atoms with van der Waals surface area (Å²) in [6.45, 7) is 4.23. The zero-order chi connectivity index (χ0) is 17.9. The molecule has 2 aromatic rings. The molecular weight excluding hydrogens is 368 g/mol. The van der Waals surface area contributed by atoms with Gasteiger partial charge < -0.3 is 4.90 Å². The molecule has 2 aliphatic heterocycles. The first-order chi connectivity index (χ1) is 12.7. The zero-order valence-electron chi connectivity index (χ0n) is 14.5. The number of rotatable bonds is 4. The van der Waals surface area contributed by atoms with Crippen LogP contribution in [0.15, 0.2) is 41.8 Å². The molecule has 2 aliphatic rings. The van der Waals surface area contributed by atoms with E-state index in [9.17, 15) is 4.79 Å². The lowest BCUT2D eigenvalue weighted by atomic mass is 10.1. The molecule has 5 nitrogen and oxygen atoms in total. The van der Waals surface area contributed by atoms with E-state index in [1.165, 1.54) is 10.4 Å². The maximum atomic E-state index is 12.8. The number of nitrogens with zero attached hydrogens (tertiary/aromatic N) is 2. The predicted octanol–water partition coefficient (Wildman–Crippen LogP) is 2.65. The van der Waals surface area contributed by atoms with E-state index in [4.69, 9.17) is 11.6 Å². The molecule has 1 aromatic heterocycles. The molecule has 0 saturated carbocycles. The molecule has 2 N–H and O–H groups in total. The molecule has 0 aliphatic carbocycles. The van der Waals surface area contributed by atoms with Crippen LogP contribution in [-0.2, 0) is 11.3 Å². The molecule has 2 saturated heterocycles. The highest BCUT2D eigenvalue weighted by atomic mass is 35.5. The molecule has 2 fully saturated rings. The number of carbonyl (C=O) groups excluding carboxylic acids is 1. The highest BCUT2D eigenvalue weighted by molar-refractivity contribution is 7.10. The van der Waals surface area contributed by atoms with Gasteiger partial charge in [-0.25, -0.2) is 10.9 Å². The van der Waals surface area contributed by atoms with Crippen LogP contribution in [0, 0.1) is 0 Å². The van der Waals surface area contributed by atoms with Crippen molar-refractivity contribution < 1.29 is 4.79 Å². The Bertz CT molecular complexity index is 746. The van der Waals surface area contributed by atoms with Gasteiger partial charge in [-0.05, 0) is 35.6 Å². The van der Waals surface area contributed by atoms with Crippen LogP contribution in [0.1, 0.15) is 22.9 Å². The average molecular weight is 391 g/mol. The van der Waals surface area contributed by atoms with Crippen LogP contribution in [0.5, 0.6) is 0 Å². The summed E-state index contributed by atoms with van der Waals surface area (Å²) in [5, 5.41) is 2.85. The summed E-state index contributed by atoms with van der Waals surface area (Å²) in [5.74, 6) is 0.207. The van der Waals surface area contributed by atoms with Crippen LogP contribution in [-0.4, -0.2) is 47.9 Å². The molecule has 0 bridgehead atoms. The molecule has 26 heavy (non-hydrogen) atoms. The topological polar surface area (TPSA) is 47.6 Å². The Morgan fingerprint density at radius 1 is 1.15 bits per heavy atom. The van der Waals surface area contributed by atoms with E-state index in [1.54, 1.807) is 11.3 Å². The lowest BCUT2D eigenvalue weighted by Crippen LogP contribution is -2.53. The lowest BCUT2D eigenvalue weighted by molar-refractivity contribution is -0.135. The Morgan fingerprint density at radius 3 is 2.73 bits per heavy atom. The number of nitrogens with one attached hydrogen (secondary N) is 2. The number of hydrogen-bond acceptors (Lipinski definition) is 5. The summed E-state index contributed by atoms with van der Waals surface area (Å²) in [6.07, 6.45) is 0.808. The SMILES string of the molecule is O=C(C1CC(c2cccs2)NN1)N1CCN(Cc2cccc(Cl)c2)CC1. The van der Waals surface area contributed by atoms with Crippen molar-refractivity contribution >= 4 is 28.8 Å². The fourth-order valence-electron chi connectivity index (χ4n) is 3.63. The minimum Gasteiger partial charge on any atom is -0.339 e. The van der Waals surface area contributed by atoms with Crippen LogP contribution in [0.2, 0.25) is 5.02 Å². The van der Waals surface area contributed by atoms with Gasteiger partial charge in [-0.3, -0.25) is 9.69 Å². The Balaban J connectivity index is 1.27. The third-order valence-corrected chi connectivity index (χ3v) is 6.29. The van der Waals surface area contributed by atoms with Crippen molar-refractivity contribution in [2.75, 3.05) is 26.2 Å². The minimum atomic E-state index is -0.137. The van der Waals surface area contributed by atoms with E-state index in [0.29, 0.717) is 0 Å². The van der Waals surface area contributed by atoms with Crippen molar-refractivity contribution in [1.82, 2.24) is 20.7 Å². The number of amides is 1. The summed E-state index contributed by atoms with van der Waals surface area (Å²) in [6, 6.07) is 12.3. The van der Waals surface area contributed by atoms with Gasteiger partial charge in [0.2, 0.25) is 5.91 Å². The van der Waals surface area contributed by atoms with E-state index >= 15 is 0 Å². The van der Waals surface area contributed by atoms with E-state index in [-0.39, 0.29) is 18.0 Å². The molecule has 3 heterocycles. The van der Waals surface area contributed by atoms with E-state index < -0.39 is 0 Å². The number of carbonyl (C=O) groups is 1. The van der Waals surface area contributed by atoms with Crippen LogP contribution in [0.3, 0.4) is 0 Å². The fraction of sp³-hybridized carbons (Fsp3) is 0.421. The number of hydrogen-bond donors (Lipinski definition) is 2. The Kier molecular flexibility index (Phi) is 5.57. The standard InChI is InChI=1S/C19H23ClN4OS/c20-15-4-1-3-14(11-15)13-23-6-8-24(9-7-23)19(25)17-12-16(21-22-17)18-5-2-10-26-18/h1-5,10-11,16-17,21-22H,6-9,12-13H2. The summed E-state index contributed by atoms with van der Waals surface area (Å²) >= 11 is 7.79. The number of benzene rings is 1. The highest BCUT2D eigenvalue weighted by Crippen LogP contribution is 2.26. The van der Waals surface area contributed by atoms with Gasteiger partial charge in [0.15, 0.2) is 0 Å². The largest absolute Gasteiger partial charge is 0.339 e. The molecule has 0 spiro atoms. The van der Waals surface area contributed by atoms with Gasteiger partial charge in [-0.15, -0.1) is 11.3 Å². The molecule has 4 rings (SSSR count). The van der Waals surface area contributed by atoms with Gasteiger partial charge in [-0.2, -0.15) is 0 Å². The molecular formula is C19H23ClN4OS. The summed E-state index contributed by atoms with van der Waals surface area (Å²) in [7, 11) is 0. The van der Waals surface area contributed by atoms with E-state index in [0.717, 1.165) is 44.2 Å². The third kappa shape index (κ3) is 4.10. The molecule has 0 radical (unpaired) electrons. The second-order valence-corrected chi connectivity index (χ2v) is 8.29. The molecule has 138 valence electrons. The maximum absolute atomic E-state index is 12.8.